The Bertz CT molecular complexity index is 574. The second-order valence-corrected chi connectivity index (χ2v) is 4.59. The molecule has 1 aromatic heterocycles. The van der Waals surface area contributed by atoms with Crippen LogP contribution in [0.1, 0.15) is 24.1 Å². The summed E-state index contributed by atoms with van der Waals surface area (Å²) in [4.78, 5) is 15.7. The molecule has 0 saturated heterocycles. The van der Waals surface area contributed by atoms with Crippen LogP contribution in [0.15, 0.2) is 47.7 Å². The van der Waals surface area contributed by atoms with E-state index in [1.807, 2.05) is 0 Å². The van der Waals surface area contributed by atoms with Gasteiger partial charge in [0.2, 0.25) is 0 Å². The standard InChI is InChI=1S/C15H19N3O/c1-3-17-14(13-6-4-12(2)5-7-13)10-18-11-16-9-8-15(18)19/h4-9,11,14,17H,3,10H2,1-2H3. The molecule has 0 fully saturated rings. The minimum Gasteiger partial charge on any atom is -0.309 e. The van der Waals surface area contributed by atoms with E-state index in [0.29, 0.717) is 6.54 Å². The Morgan fingerprint density at radius 1 is 1.26 bits per heavy atom. The zero-order chi connectivity index (χ0) is 13.7. The van der Waals surface area contributed by atoms with Crippen molar-refractivity contribution in [3.8, 4) is 0 Å². The SMILES string of the molecule is CCNC(Cn1cnccc1=O)c1ccc(C)cc1. The van der Waals surface area contributed by atoms with E-state index in [4.69, 9.17) is 0 Å². The molecule has 1 N–H and O–H groups in total. The largest absolute Gasteiger partial charge is 0.309 e. The van der Waals surface area contributed by atoms with Gasteiger partial charge in [-0.3, -0.25) is 9.36 Å². The van der Waals surface area contributed by atoms with E-state index in [0.717, 1.165) is 6.54 Å². The molecule has 1 aromatic carbocycles. The van der Waals surface area contributed by atoms with Crippen LogP contribution in [-0.2, 0) is 6.54 Å². The molecule has 0 saturated carbocycles. The highest BCUT2D eigenvalue weighted by molar-refractivity contribution is 5.24. The molecule has 19 heavy (non-hydrogen) atoms. The summed E-state index contributed by atoms with van der Waals surface area (Å²) in [6, 6.07) is 9.98. The van der Waals surface area contributed by atoms with E-state index in [1.54, 1.807) is 10.9 Å². The number of hydrogen-bond acceptors (Lipinski definition) is 3. The van der Waals surface area contributed by atoms with Gasteiger partial charge in [-0.05, 0) is 19.0 Å². The van der Waals surface area contributed by atoms with Crippen molar-refractivity contribution >= 4 is 0 Å². The Morgan fingerprint density at radius 2 is 2.00 bits per heavy atom. The van der Waals surface area contributed by atoms with E-state index in [9.17, 15) is 4.79 Å². The van der Waals surface area contributed by atoms with Crippen molar-refractivity contribution in [2.24, 2.45) is 0 Å². The first-order valence-electron chi connectivity index (χ1n) is 6.51. The maximum Gasteiger partial charge on any atom is 0.253 e. The average Bonchev–Trinajstić information content (AvgIpc) is 2.42. The molecule has 2 aromatic rings. The van der Waals surface area contributed by atoms with Gasteiger partial charge in [0.1, 0.15) is 0 Å². The monoisotopic (exact) mass is 257 g/mol. The predicted molar refractivity (Wildman–Crippen MR) is 76.1 cm³/mol. The van der Waals surface area contributed by atoms with Crippen LogP contribution in [0.25, 0.3) is 0 Å². The van der Waals surface area contributed by atoms with Crippen LogP contribution >= 0.6 is 0 Å². The molecule has 0 radical (unpaired) electrons. The molecule has 0 amide bonds. The summed E-state index contributed by atoms with van der Waals surface area (Å²) in [5.74, 6) is 0. The molecule has 4 nitrogen and oxygen atoms in total. The molecule has 0 spiro atoms. The number of nitrogens with one attached hydrogen (secondary N) is 1. The zero-order valence-corrected chi connectivity index (χ0v) is 11.3. The van der Waals surface area contributed by atoms with Crippen LogP contribution in [0, 0.1) is 6.92 Å². The second kappa shape index (κ2) is 6.29. The van der Waals surface area contributed by atoms with Gasteiger partial charge >= 0.3 is 0 Å². The van der Waals surface area contributed by atoms with E-state index >= 15 is 0 Å². The third kappa shape index (κ3) is 3.51. The summed E-state index contributed by atoms with van der Waals surface area (Å²) in [5, 5.41) is 3.41. The molecule has 4 heteroatoms. The Kier molecular flexibility index (Phi) is 4.47. The van der Waals surface area contributed by atoms with Crippen molar-refractivity contribution in [3.63, 3.8) is 0 Å². The number of hydrogen-bond donors (Lipinski definition) is 1. The Balaban J connectivity index is 2.23. The van der Waals surface area contributed by atoms with Crippen molar-refractivity contribution in [2.75, 3.05) is 6.54 Å². The fraction of sp³-hybridized carbons (Fsp3) is 0.333. The lowest BCUT2D eigenvalue weighted by Crippen LogP contribution is -2.30. The van der Waals surface area contributed by atoms with Crippen molar-refractivity contribution in [1.82, 2.24) is 14.9 Å². The van der Waals surface area contributed by atoms with Crippen LogP contribution in [-0.4, -0.2) is 16.1 Å². The van der Waals surface area contributed by atoms with Crippen LogP contribution in [0.4, 0.5) is 0 Å². The zero-order valence-electron chi connectivity index (χ0n) is 11.3. The number of aryl methyl sites for hydroxylation is 1. The van der Waals surface area contributed by atoms with E-state index in [2.05, 4.69) is 48.4 Å². The first kappa shape index (κ1) is 13.5. The van der Waals surface area contributed by atoms with Gasteiger partial charge in [0.15, 0.2) is 0 Å². The van der Waals surface area contributed by atoms with Gasteiger partial charge in [-0.15, -0.1) is 0 Å². The third-order valence-electron chi connectivity index (χ3n) is 3.10. The summed E-state index contributed by atoms with van der Waals surface area (Å²) < 4.78 is 1.63. The normalized spacial score (nSPS) is 12.3. The maximum atomic E-state index is 11.7. The number of likely N-dealkylation sites (N-methyl/N-ethyl adjacent to an activating group) is 1. The highest BCUT2D eigenvalue weighted by Gasteiger charge is 2.11. The molecule has 2 rings (SSSR count). The van der Waals surface area contributed by atoms with E-state index in [1.165, 1.54) is 23.4 Å². The molecule has 0 aliphatic heterocycles. The van der Waals surface area contributed by atoms with Gasteiger partial charge in [-0.25, -0.2) is 4.98 Å². The summed E-state index contributed by atoms with van der Waals surface area (Å²) in [6.07, 6.45) is 3.10. The molecule has 0 bridgehead atoms. The molecule has 1 atom stereocenters. The van der Waals surface area contributed by atoms with Crippen LogP contribution in [0.5, 0.6) is 0 Å². The van der Waals surface area contributed by atoms with Crippen LogP contribution in [0.2, 0.25) is 0 Å². The topological polar surface area (TPSA) is 46.9 Å². The molecule has 100 valence electrons. The molecular formula is C15H19N3O. The lowest BCUT2D eigenvalue weighted by molar-refractivity contribution is 0.463. The van der Waals surface area contributed by atoms with Gasteiger partial charge in [-0.2, -0.15) is 0 Å². The van der Waals surface area contributed by atoms with Crippen LogP contribution in [0.3, 0.4) is 0 Å². The smallest absolute Gasteiger partial charge is 0.253 e. The first-order valence-corrected chi connectivity index (χ1v) is 6.51. The van der Waals surface area contributed by atoms with Gasteiger partial charge < -0.3 is 5.32 Å². The van der Waals surface area contributed by atoms with Crippen molar-refractivity contribution in [2.45, 2.75) is 26.4 Å². The highest BCUT2D eigenvalue weighted by Crippen LogP contribution is 2.15. The number of nitrogens with zero attached hydrogens (tertiary/aromatic N) is 2. The maximum absolute atomic E-state index is 11.7. The summed E-state index contributed by atoms with van der Waals surface area (Å²) in [5.41, 5.74) is 2.39. The summed E-state index contributed by atoms with van der Waals surface area (Å²) in [6.45, 7) is 5.57. The van der Waals surface area contributed by atoms with Crippen molar-refractivity contribution in [1.29, 1.82) is 0 Å². The Morgan fingerprint density at radius 3 is 2.63 bits per heavy atom. The first-order chi connectivity index (χ1) is 9.20. The van der Waals surface area contributed by atoms with E-state index < -0.39 is 0 Å². The molecule has 1 unspecified atom stereocenters. The minimum atomic E-state index is -0.0231. The molecule has 0 aliphatic rings. The van der Waals surface area contributed by atoms with Crippen LogP contribution < -0.4 is 10.9 Å². The van der Waals surface area contributed by atoms with Crippen molar-refractivity contribution in [3.05, 3.63) is 64.3 Å². The number of benzene rings is 1. The predicted octanol–water partition coefficient (Wildman–Crippen LogP) is 1.90. The fourth-order valence-corrected chi connectivity index (χ4v) is 2.05. The molecular weight excluding hydrogens is 238 g/mol. The third-order valence-corrected chi connectivity index (χ3v) is 3.10. The van der Waals surface area contributed by atoms with Gasteiger partial charge in [0.05, 0.1) is 12.4 Å². The Labute approximate surface area is 113 Å². The quantitative estimate of drug-likeness (QED) is 0.890. The minimum absolute atomic E-state index is 0.0231. The summed E-state index contributed by atoms with van der Waals surface area (Å²) >= 11 is 0. The van der Waals surface area contributed by atoms with Gasteiger partial charge in [0, 0.05) is 18.8 Å². The lowest BCUT2D eigenvalue weighted by Gasteiger charge is -2.19. The highest BCUT2D eigenvalue weighted by atomic mass is 16.1. The fourth-order valence-electron chi connectivity index (χ4n) is 2.05. The Hall–Kier alpha value is -1.94. The average molecular weight is 257 g/mol. The summed E-state index contributed by atoms with van der Waals surface area (Å²) in [7, 11) is 0. The second-order valence-electron chi connectivity index (χ2n) is 4.59. The molecule has 0 aliphatic carbocycles. The number of aromatic nitrogens is 2. The van der Waals surface area contributed by atoms with Gasteiger partial charge in [0.25, 0.3) is 5.56 Å². The molecule has 1 heterocycles. The number of rotatable bonds is 5. The van der Waals surface area contributed by atoms with Gasteiger partial charge in [-0.1, -0.05) is 36.8 Å². The van der Waals surface area contributed by atoms with Crippen molar-refractivity contribution < 1.29 is 0 Å². The van der Waals surface area contributed by atoms with E-state index in [-0.39, 0.29) is 11.6 Å². The lowest BCUT2D eigenvalue weighted by atomic mass is 10.0.